The maximum absolute atomic E-state index is 11.2. The summed E-state index contributed by atoms with van der Waals surface area (Å²) in [6.45, 7) is 7.67. The summed E-state index contributed by atoms with van der Waals surface area (Å²) in [7, 11) is 0. The molecule has 0 aromatic heterocycles. The molecule has 0 amide bonds. The fourth-order valence-electron chi connectivity index (χ4n) is 2.37. The lowest BCUT2D eigenvalue weighted by Crippen LogP contribution is -2.25. The second kappa shape index (κ2) is 4.48. The number of carbonyl (C=O) groups is 1. The Morgan fingerprint density at radius 2 is 2.28 bits per heavy atom. The van der Waals surface area contributed by atoms with E-state index in [1.54, 1.807) is 6.07 Å². The number of aromatic carboxylic acids is 1. The zero-order valence-corrected chi connectivity index (χ0v) is 10.8. The SMILES string of the molecule is C=CCCc1ccc(C(=O)O)c2c1OC(C)(C)C2. The molecule has 0 unspecified atom stereocenters. The van der Waals surface area contributed by atoms with Crippen LogP contribution in [-0.2, 0) is 12.8 Å². The molecule has 0 fully saturated rings. The standard InChI is InChI=1S/C15H18O3/c1-4-5-6-10-7-8-11(14(16)17)12-9-15(2,3)18-13(10)12/h4,7-8H,1,5-6,9H2,2-3H3,(H,16,17). The number of rotatable bonds is 4. The Morgan fingerprint density at radius 3 is 2.89 bits per heavy atom. The first-order chi connectivity index (χ1) is 8.44. The van der Waals surface area contributed by atoms with Crippen LogP contribution in [0.3, 0.4) is 0 Å². The molecule has 0 spiro atoms. The Bertz CT molecular complexity index is 501. The Hall–Kier alpha value is -1.77. The van der Waals surface area contributed by atoms with E-state index in [2.05, 4.69) is 6.58 Å². The van der Waals surface area contributed by atoms with Crippen LogP contribution in [0.5, 0.6) is 5.75 Å². The minimum Gasteiger partial charge on any atom is -0.487 e. The van der Waals surface area contributed by atoms with Crippen molar-refractivity contribution in [3.63, 3.8) is 0 Å². The molecular weight excluding hydrogens is 228 g/mol. The van der Waals surface area contributed by atoms with Gasteiger partial charge in [-0.25, -0.2) is 4.79 Å². The van der Waals surface area contributed by atoms with E-state index in [1.165, 1.54) is 0 Å². The van der Waals surface area contributed by atoms with Crippen LogP contribution in [-0.4, -0.2) is 16.7 Å². The molecule has 18 heavy (non-hydrogen) atoms. The second-order valence-electron chi connectivity index (χ2n) is 5.25. The van der Waals surface area contributed by atoms with Crippen molar-refractivity contribution in [1.82, 2.24) is 0 Å². The smallest absolute Gasteiger partial charge is 0.336 e. The van der Waals surface area contributed by atoms with E-state index in [0.717, 1.165) is 29.7 Å². The average Bonchev–Trinajstić information content (AvgIpc) is 2.60. The van der Waals surface area contributed by atoms with Gasteiger partial charge in [-0.15, -0.1) is 6.58 Å². The first-order valence-corrected chi connectivity index (χ1v) is 6.12. The largest absolute Gasteiger partial charge is 0.487 e. The predicted octanol–water partition coefficient (Wildman–Crippen LogP) is 3.22. The molecule has 0 bridgehead atoms. The highest BCUT2D eigenvalue weighted by molar-refractivity contribution is 5.91. The molecular formula is C15H18O3. The number of allylic oxidation sites excluding steroid dienone is 1. The van der Waals surface area contributed by atoms with Gasteiger partial charge in [-0.3, -0.25) is 0 Å². The number of hydrogen-bond donors (Lipinski definition) is 1. The maximum atomic E-state index is 11.2. The minimum atomic E-state index is -0.886. The summed E-state index contributed by atoms with van der Waals surface area (Å²) in [4.78, 5) is 11.2. The molecule has 0 saturated heterocycles. The molecule has 3 nitrogen and oxygen atoms in total. The number of ether oxygens (including phenoxy) is 1. The van der Waals surface area contributed by atoms with E-state index in [9.17, 15) is 9.90 Å². The Kier molecular flexibility index (Phi) is 3.16. The molecule has 1 aliphatic heterocycles. The molecule has 1 aromatic carbocycles. The molecule has 3 heteroatoms. The van der Waals surface area contributed by atoms with Gasteiger partial charge in [0.15, 0.2) is 0 Å². The van der Waals surface area contributed by atoms with Crippen LogP contribution in [0.1, 0.15) is 41.8 Å². The lowest BCUT2D eigenvalue weighted by molar-refractivity contribution is 0.0696. The fourth-order valence-corrected chi connectivity index (χ4v) is 2.37. The summed E-state index contributed by atoms with van der Waals surface area (Å²) < 4.78 is 5.92. The molecule has 2 rings (SSSR count). The van der Waals surface area contributed by atoms with Crippen LogP contribution < -0.4 is 4.74 Å². The van der Waals surface area contributed by atoms with Gasteiger partial charge in [-0.2, -0.15) is 0 Å². The van der Waals surface area contributed by atoms with Gasteiger partial charge in [-0.05, 0) is 38.3 Å². The fraction of sp³-hybridized carbons (Fsp3) is 0.400. The molecule has 1 aliphatic rings. The van der Waals surface area contributed by atoms with Gasteiger partial charge >= 0.3 is 5.97 Å². The monoisotopic (exact) mass is 246 g/mol. The third kappa shape index (κ3) is 2.26. The topological polar surface area (TPSA) is 46.5 Å². The van der Waals surface area contributed by atoms with Gasteiger partial charge in [0.05, 0.1) is 5.56 Å². The highest BCUT2D eigenvalue weighted by Crippen LogP contribution is 2.40. The van der Waals surface area contributed by atoms with E-state index in [1.807, 2.05) is 26.0 Å². The number of fused-ring (bicyclic) bond motifs is 1. The van der Waals surface area contributed by atoms with Crippen molar-refractivity contribution in [2.24, 2.45) is 0 Å². The van der Waals surface area contributed by atoms with Crippen molar-refractivity contribution in [2.45, 2.75) is 38.7 Å². The van der Waals surface area contributed by atoms with Crippen molar-refractivity contribution < 1.29 is 14.6 Å². The summed E-state index contributed by atoms with van der Waals surface area (Å²) in [5.41, 5.74) is 1.93. The number of hydrogen-bond acceptors (Lipinski definition) is 2. The van der Waals surface area contributed by atoms with Gasteiger partial charge in [0.25, 0.3) is 0 Å². The van der Waals surface area contributed by atoms with Gasteiger partial charge in [0, 0.05) is 12.0 Å². The predicted molar refractivity (Wildman–Crippen MR) is 70.3 cm³/mol. The maximum Gasteiger partial charge on any atom is 0.336 e. The van der Waals surface area contributed by atoms with Gasteiger partial charge in [0.2, 0.25) is 0 Å². The van der Waals surface area contributed by atoms with Gasteiger partial charge in [0.1, 0.15) is 11.4 Å². The molecule has 96 valence electrons. The number of carboxylic acid groups (broad SMARTS) is 1. The van der Waals surface area contributed by atoms with E-state index in [0.29, 0.717) is 12.0 Å². The Morgan fingerprint density at radius 1 is 1.56 bits per heavy atom. The summed E-state index contributed by atoms with van der Waals surface area (Å²) in [5, 5.41) is 9.21. The van der Waals surface area contributed by atoms with E-state index < -0.39 is 5.97 Å². The molecule has 0 radical (unpaired) electrons. The van der Waals surface area contributed by atoms with Crippen molar-refractivity contribution in [3.05, 3.63) is 41.5 Å². The van der Waals surface area contributed by atoms with Crippen molar-refractivity contribution >= 4 is 5.97 Å². The number of carboxylic acids is 1. The van der Waals surface area contributed by atoms with Crippen molar-refractivity contribution in [2.75, 3.05) is 0 Å². The average molecular weight is 246 g/mol. The summed E-state index contributed by atoms with van der Waals surface area (Å²) in [6.07, 6.45) is 4.20. The summed E-state index contributed by atoms with van der Waals surface area (Å²) in [6, 6.07) is 3.54. The van der Waals surface area contributed by atoms with Gasteiger partial charge in [-0.1, -0.05) is 12.1 Å². The van der Waals surface area contributed by atoms with Crippen LogP contribution in [0.25, 0.3) is 0 Å². The molecule has 0 aliphatic carbocycles. The van der Waals surface area contributed by atoms with Crippen LogP contribution in [0.15, 0.2) is 24.8 Å². The normalized spacial score (nSPS) is 15.9. The third-order valence-corrected chi connectivity index (χ3v) is 3.17. The molecule has 0 atom stereocenters. The van der Waals surface area contributed by atoms with E-state index in [-0.39, 0.29) is 5.60 Å². The lowest BCUT2D eigenvalue weighted by Gasteiger charge is -2.18. The Labute approximate surface area is 107 Å². The molecule has 1 heterocycles. The Balaban J connectivity index is 2.47. The summed E-state index contributed by atoms with van der Waals surface area (Å²) in [5.74, 6) is -0.121. The quantitative estimate of drug-likeness (QED) is 0.830. The van der Waals surface area contributed by atoms with Crippen LogP contribution in [0, 0.1) is 0 Å². The zero-order chi connectivity index (χ0) is 13.3. The van der Waals surface area contributed by atoms with Crippen molar-refractivity contribution in [3.8, 4) is 5.75 Å². The molecule has 0 saturated carbocycles. The van der Waals surface area contributed by atoms with E-state index in [4.69, 9.17) is 4.74 Å². The zero-order valence-electron chi connectivity index (χ0n) is 10.8. The van der Waals surface area contributed by atoms with Crippen molar-refractivity contribution in [1.29, 1.82) is 0 Å². The highest BCUT2D eigenvalue weighted by Gasteiger charge is 2.34. The molecule has 1 N–H and O–H groups in total. The third-order valence-electron chi connectivity index (χ3n) is 3.17. The number of benzene rings is 1. The van der Waals surface area contributed by atoms with Crippen LogP contribution >= 0.6 is 0 Å². The number of aryl methyl sites for hydroxylation is 1. The minimum absolute atomic E-state index is 0.323. The van der Waals surface area contributed by atoms with Gasteiger partial charge < -0.3 is 9.84 Å². The second-order valence-corrected chi connectivity index (χ2v) is 5.25. The first-order valence-electron chi connectivity index (χ1n) is 6.12. The van der Waals surface area contributed by atoms with Crippen LogP contribution in [0.2, 0.25) is 0 Å². The van der Waals surface area contributed by atoms with E-state index >= 15 is 0 Å². The van der Waals surface area contributed by atoms with Crippen LogP contribution in [0.4, 0.5) is 0 Å². The lowest BCUT2D eigenvalue weighted by atomic mass is 9.94. The summed E-state index contributed by atoms with van der Waals surface area (Å²) >= 11 is 0. The first kappa shape index (κ1) is 12.7. The highest BCUT2D eigenvalue weighted by atomic mass is 16.5. The molecule has 1 aromatic rings.